The minimum atomic E-state index is -0.233. The van der Waals surface area contributed by atoms with Gasteiger partial charge in [0.2, 0.25) is 0 Å². The average Bonchev–Trinajstić information content (AvgIpc) is 2.94. The molecular formula is C15H19BrN2O2S. The first-order valence-corrected chi connectivity index (χ1v) is 8.24. The minimum Gasteiger partial charge on any atom is -0.490 e. The van der Waals surface area contributed by atoms with Gasteiger partial charge >= 0.3 is 0 Å². The fourth-order valence-corrected chi connectivity index (χ4v) is 2.84. The highest BCUT2D eigenvalue weighted by atomic mass is 79.9. The first-order chi connectivity index (χ1) is 9.97. The maximum Gasteiger partial charge on any atom is 0.261 e. The molecule has 114 valence electrons. The van der Waals surface area contributed by atoms with Gasteiger partial charge in [-0.3, -0.25) is 10.1 Å². The normalized spacial score (nSPS) is 14.4. The molecular weight excluding hydrogens is 352 g/mol. The lowest BCUT2D eigenvalue weighted by molar-refractivity contribution is 0.0968. The Hall–Kier alpha value is -1.14. The van der Waals surface area contributed by atoms with Gasteiger partial charge in [0.25, 0.3) is 5.91 Å². The van der Waals surface area contributed by atoms with Gasteiger partial charge < -0.3 is 9.64 Å². The van der Waals surface area contributed by atoms with E-state index in [4.69, 9.17) is 17.0 Å². The minimum absolute atomic E-state index is 0.00302. The monoisotopic (exact) mass is 370 g/mol. The SMILES string of the molecule is CC(C)Oc1ccc(Br)cc1C(=O)NC(=S)N1CCCC1. The standard InChI is InChI=1S/C15H19BrN2O2S/c1-10(2)20-13-6-5-11(16)9-12(13)14(19)17-15(21)18-7-3-4-8-18/h5-6,9-10H,3-4,7-8H2,1-2H3,(H,17,19,21). The van der Waals surface area contributed by atoms with Crippen molar-refractivity contribution in [3.05, 3.63) is 28.2 Å². The number of rotatable bonds is 3. The van der Waals surface area contributed by atoms with Crippen LogP contribution in [0.15, 0.2) is 22.7 Å². The van der Waals surface area contributed by atoms with Gasteiger partial charge in [-0.1, -0.05) is 15.9 Å². The van der Waals surface area contributed by atoms with Gasteiger partial charge in [-0.05, 0) is 57.1 Å². The van der Waals surface area contributed by atoms with Crippen molar-refractivity contribution < 1.29 is 9.53 Å². The first-order valence-electron chi connectivity index (χ1n) is 7.04. The molecule has 6 heteroatoms. The Bertz CT molecular complexity index is 542. The zero-order chi connectivity index (χ0) is 15.4. The molecule has 0 radical (unpaired) electrons. The lowest BCUT2D eigenvalue weighted by Crippen LogP contribution is -2.41. The second-order valence-electron chi connectivity index (χ2n) is 5.26. The molecule has 0 spiro atoms. The Morgan fingerprint density at radius 3 is 2.67 bits per heavy atom. The van der Waals surface area contributed by atoms with Crippen LogP contribution in [-0.2, 0) is 0 Å². The largest absolute Gasteiger partial charge is 0.490 e. The van der Waals surface area contributed by atoms with E-state index in [1.165, 1.54) is 0 Å². The van der Waals surface area contributed by atoms with E-state index in [0.29, 0.717) is 16.4 Å². The first kappa shape index (κ1) is 16.2. The molecule has 1 N–H and O–H groups in total. The lowest BCUT2D eigenvalue weighted by Gasteiger charge is -2.20. The van der Waals surface area contributed by atoms with E-state index in [9.17, 15) is 4.79 Å². The summed E-state index contributed by atoms with van der Waals surface area (Å²) in [6.45, 7) is 5.68. The topological polar surface area (TPSA) is 41.6 Å². The molecule has 21 heavy (non-hydrogen) atoms. The number of carbonyl (C=O) groups excluding carboxylic acids is 1. The van der Waals surface area contributed by atoms with Crippen LogP contribution >= 0.6 is 28.1 Å². The number of thiocarbonyl (C=S) groups is 1. The molecule has 1 saturated heterocycles. The highest BCUT2D eigenvalue weighted by Crippen LogP contribution is 2.24. The summed E-state index contributed by atoms with van der Waals surface area (Å²) in [5.41, 5.74) is 0.486. The molecule has 1 amide bonds. The Labute approximate surface area is 139 Å². The summed E-state index contributed by atoms with van der Waals surface area (Å²) in [7, 11) is 0. The molecule has 0 aromatic heterocycles. The third-order valence-corrected chi connectivity index (χ3v) is 4.02. The lowest BCUT2D eigenvalue weighted by atomic mass is 10.2. The van der Waals surface area contributed by atoms with Crippen LogP contribution in [-0.4, -0.2) is 35.1 Å². The number of nitrogens with zero attached hydrogens (tertiary/aromatic N) is 1. The molecule has 1 fully saturated rings. The molecule has 0 aliphatic carbocycles. The number of carbonyl (C=O) groups is 1. The molecule has 4 nitrogen and oxygen atoms in total. The van der Waals surface area contributed by atoms with E-state index in [-0.39, 0.29) is 12.0 Å². The van der Waals surface area contributed by atoms with Gasteiger partial charge in [0.05, 0.1) is 11.7 Å². The maximum absolute atomic E-state index is 12.4. The Kier molecular flexibility index (Phi) is 5.58. The van der Waals surface area contributed by atoms with E-state index < -0.39 is 0 Å². The summed E-state index contributed by atoms with van der Waals surface area (Å²) in [6.07, 6.45) is 2.24. The Balaban J connectivity index is 2.13. The van der Waals surface area contributed by atoms with Crippen LogP contribution in [0.3, 0.4) is 0 Å². The average molecular weight is 371 g/mol. The van der Waals surface area contributed by atoms with Crippen LogP contribution in [0.5, 0.6) is 5.75 Å². The van der Waals surface area contributed by atoms with Gasteiger partial charge in [0.1, 0.15) is 5.75 Å². The van der Waals surface area contributed by atoms with E-state index in [2.05, 4.69) is 21.2 Å². The summed E-state index contributed by atoms with van der Waals surface area (Å²) in [5, 5.41) is 3.29. The van der Waals surface area contributed by atoms with Crippen LogP contribution in [0.2, 0.25) is 0 Å². The molecule has 0 atom stereocenters. The number of hydrogen-bond donors (Lipinski definition) is 1. The van der Waals surface area contributed by atoms with Crippen LogP contribution in [0, 0.1) is 0 Å². The highest BCUT2D eigenvalue weighted by Gasteiger charge is 2.20. The Morgan fingerprint density at radius 2 is 2.05 bits per heavy atom. The molecule has 1 aliphatic rings. The van der Waals surface area contributed by atoms with Gasteiger partial charge in [-0.15, -0.1) is 0 Å². The number of nitrogens with one attached hydrogen (secondary N) is 1. The summed E-state index contributed by atoms with van der Waals surface area (Å²) in [5.74, 6) is 0.332. The molecule has 1 aromatic carbocycles. The number of benzene rings is 1. The highest BCUT2D eigenvalue weighted by molar-refractivity contribution is 9.10. The maximum atomic E-state index is 12.4. The predicted molar refractivity (Wildman–Crippen MR) is 90.8 cm³/mol. The number of halogens is 1. The molecule has 1 aromatic rings. The van der Waals surface area contributed by atoms with Crippen molar-refractivity contribution in [3.8, 4) is 5.75 Å². The predicted octanol–water partition coefficient (Wildman–Crippen LogP) is 3.35. The van der Waals surface area contributed by atoms with Crippen molar-refractivity contribution in [3.63, 3.8) is 0 Å². The van der Waals surface area contributed by atoms with Crippen LogP contribution < -0.4 is 10.1 Å². The summed E-state index contributed by atoms with van der Waals surface area (Å²) in [6, 6.07) is 5.39. The van der Waals surface area contributed by atoms with Gasteiger partial charge in [0, 0.05) is 17.6 Å². The van der Waals surface area contributed by atoms with E-state index in [1.54, 1.807) is 12.1 Å². The van der Waals surface area contributed by atoms with Gasteiger partial charge in [-0.2, -0.15) is 0 Å². The van der Waals surface area contributed by atoms with Gasteiger partial charge in [-0.25, -0.2) is 0 Å². The van der Waals surface area contributed by atoms with Crippen molar-refractivity contribution in [1.29, 1.82) is 0 Å². The van der Waals surface area contributed by atoms with Crippen molar-refractivity contribution in [1.82, 2.24) is 10.2 Å². The van der Waals surface area contributed by atoms with Crippen LogP contribution in [0.1, 0.15) is 37.0 Å². The van der Waals surface area contributed by atoms with E-state index >= 15 is 0 Å². The molecule has 1 heterocycles. The molecule has 0 saturated carbocycles. The van der Waals surface area contributed by atoms with E-state index in [0.717, 1.165) is 30.4 Å². The number of amides is 1. The third-order valence-electron chi connectivity index (χ3n) is 3.16. The second-order valence-corrected chi connectivity index (χ2v) is 6.56. The second kappa shape index (κ2) is 7.22. The summed E-state index contributed by atoms with van der Waals surface area (Å²) >= 11 is 8.68. The van der Waals surface area contributed by atoms with Crippen LogP contribution in [0.25, 0.3) is 0 Å². The van der Waals surface area contributed by atoms with E-state index in [1.807, 2.05) is 24.8 Å². The van der Waals surface area contributed by atoms with Crippen molar-refractivity contribution in [2.45, 2.75) is 32.8 Å². The molecule has 0 unspecified atom stereocenters. The quantitative estimate of drug-likeness (QED) is 0.828. The summed E-state index contributed by atoms with van der Waals surface area (Å²) < 4.78 is 6.52. The van der Waals surface area contributed by atoms with Crippen molar-refractivity contribution in [2.75, 3.05) is 13.1 Å². The van der Waals surface area contributed by atoms with Gasteiger partial charge in [0.15, 0.2) is 5.11 Å². The number of likely N-dealkylation sites (tertiary alicyclic amines) is 1. The smallest absolute Gasteiger partial charge is 0.261 e. The third kappa shape index (κ3) is 4.41. The zero-order valence-electron chi connectivity index (χ0n) is 12.2. The number of ether oxygens (including phenoxy) is 1. The van der Waals surface area contributed by atoms with Crippen LogP contribution in [0.4, 0.5) is 0 Å². The fourth-order valence-electron chi connectivity index (χ4n) is 2.20. The molecule has 1 aliphatic heterocycles. The molecule has 0 bridgehead atoms. The van der Waals surface area contributed by atoms with Crippen molar-refractivity contribution >= 4 is 39.2 Å². The number of hydrogen-bond acceptors (Lipinski definition) is 3. The Morgan fingerprint density at radius 1 is 1.38 bits per heavy atom. The fraction of sp³-hybridized carbons (Fsp3) is 0.467. The summed E-state index contributed by atoms with van der Waals surface area (Å²) in [4.78, 5) is 14.5. The zero-order valence-corrected chi connectivity index (χ0v) is 14.6. The van der Waals surface area contributed by atoms with Crippen molar-refractivity contribution in [2.24, 2.45) is 0 Å². The molecule has 2 rings (SSSR count).